The minimum Gasteiger partial charge on any atom is -0.397 e. The molecule has 6 aromatic carbocycles. The van der Waals surface area contributed by atoms with Crippen LogP contribution in [0.25, 0.3) is 4.85 Å². The number of aryl methyl sites for hydroxylation is 1. The Balaban J connectivity index is 0.000000211. The molecule has 0 heterocycles. The highest BCUT2D eigenvalue weighted by molar-refractivity contribution is 7.81. The fourth-order valence-corrected chi connectivity index (χ4v) is 7.12. The van der Waals surface area contributed by atoms with Crippen molar-refractivity contribution in [1.82, 2.24) is 0 Å². The third kappa shape index (κ3) is 13.6. The van der Waals surface area contributed by atoms with Crippen LogP contribution in [0, 0.1) is 64.1 Å². The molecule has 0 N–H and O–H groups in total. The van der Waals surface area contributed by atoms with Crippen LogP contribution in [-0.2, 0) is 33.2 Å². The molecule has 0 aliphatic rings. The molecular weight excluding hydrogens is 893 g/mol. The lowest BCUT2D eigenvalue weighted by Crippen LogP contribution is -2.05. The van der Waals surface area contributed by atoms with Crippen molar-refractivity contribution in [3.8, 4) is 17.2 Å². The summed E-state index contributed by atoms with van der Waals surface area (Å²) in [6.07, 6.45) is 0. The number of benzene rings is 6. The van der Waals surface area contributed by atoms with E-state index in [-0.39, 0.29) is 32.7 Å². The van der Waals surface area contributed by atoms with E-state index in [9.17, 15) is 63.2 Å². The number of nitrogens with zero attached hydrogens (tertiary/aromatic N) is 6. The zero-order valence-corrected chi connectivity index (χ0v) is 34.2. The molecule has 6 rings (SSSR count). The van der Waals surface area contributed by atoms with E-state index in [0.717, 1.165) is 18.2 Å². The van der Waals surface area contributed by atoms with Gasteiger partial charge in [0, 0.05) is 30.3 Å². The van der Waals surface area contributed by atoms with Gasteiger partial charge in [0.05, 0.1) is 42.2 Å². The van der Waals surface area contributed by atoms with Crippen molar-refractivity contribution >= 4 is 67.4 Å². The Morgan fingerprint density at radius 2 is 0.952 bits per heavy atom. The van der Waals surface area contributed by atoms with Gasteiger partial charge in [-0.15, -0.1) is 0 Å². The smallest absolute Gasteiger partial charge is 0.349 e. The highest BCUT2D eigenvalue weighted by atomic mass is 32.2. The number of rotatable bonds is 14. The van der Waals surface area contributed by atoms with Gasteiger partial charge in [-0.05, 0) is 55.0 Å². The van der Waals surface area contributed by atoms with E-state index in [4.69, 9.17) is 19.1 Å². The van der Waals surface area contributed by atoms with E-state index in [0.29, 0.717) is 21.9 Å². The first-order valence-corrected chi connectivity index (χ1v) is 20.2. The largest absolute Gasteiger partial charge is 0.397 e. The first-order chi connectivity index (χ1) is 30.0. The Morgan fingerprint density at radius 3 is 1.51 bits per heavy atom. The van der Waals surface area contributed by atoms with Crippen molar-refractivity contribution in [2.45, 2.75) is 21.6 Å². The third-order valence-electron chi connectivity index (χ3n) is 7.54. The van der Waals surface area contributed by atoms with Crippen LogP contribution < -0.4 is 12.5 Å². The Kier molecular flexibility index (Phi) is 16.8. The van der Waals surface area contributed by atoms with E-state index in [1.807, 2.05) is 18.2 Å². The first-order valence-electron chi connectivity index (χ1n) is 17.0. The Labute approximate surface area is 361 Å². The highest BCUT2D eigenvalue weighted by Gasteiger charge is 2.27. The number of hydrogen-bond donors (Lipinski definition) is 0. The lowest BCUT2D eigenvalue weighted by molar-refractivity contribution is -0.422. The zero-order valence-electron chi connectivity index (χ0n) is 31.7. The van der Waals surface area contributed by atoms with E-state index < -0.39 is 74.9 Å². The van der Waals surface area contributed by atoms with Crippen LogP contribution in [-0.4, -0.2) is 37.2 Å². The summed E-state index contributed by atoms with van der Waals surface area (Å²) in [6, 6.07) is 32.4. The number of nitro groups is 5. The topological polar surface area (TPSA) is 299 Å². The number of nitro benzene ring substituents is 5. The zero-order chi connectivity index (χ0) is 46.2. The summed E-state index contributed by atoms with van der Waals surface area (Å²) in [5.74, 6) is 0.364. The van der Waals surface area contributed by atoms with E-state index >= 15 is 0 Å². The molecule has 3 atom stereocenters. The lowest BCUT2D eigenvalue weighted by atomic mass is 10.2. The second kappa shape index (κ2) is 22.3. The fraction of sp³-hybridized carbons (Fsp3) is 0.0263. The molecule has 322 valence electrons. The highest BCUT2D eigenvalue weighted by Crippen LogP contribution is 2.33. The maximum absolute atomic E-state index is 12.2. The van der Waals surface area contributed by atoms with Crippen LogP contribution >= 0.6 is 0 Å². The van der Waals surface area contributed by atoms with Crippen LogP contribution in [0.15, 0.2) is 154 Å². The molecule has 6 aromatic rings. The van der Waals surface area contributed by atoms with Crippen molar-refractivity contribution in [2.24, 2.45) is 0 Å². The van der Waals surface area contributed by atoms with Crippen LogP contribution in [0.4, 0.5) is 34.1 Å². The summed E-state index contributed by atoms with van der Waals surface area (Å²) in [7, 11) is 0. The Hall–Kier alpha value is -8.34. The summed E-state index contributed by atoms with van der Waals surface area (Å²) >= 11 is -5.99. The molecule has 22 nitrogen and oxygen atoms in total. The predicted molar refractivity (Wildman–Crippen MR) is 224 cm³/mol. The summed E-state index contributed by atoms with van der Waals surface area (Å²) in [4.78, 5) is 53.6. The minimum atomic E-state index is -2.35. The summed E-state index contributed by atoms with van der Waals surface area (Å²) in [6.45, 7) is 8.43. The third-order valence-corrected chi connectivity index (χ3v) is 10.6. The van der Waals surface area contributed by atoms with Crippen LogP contribution in [0.2, 0.25) is 0 Å². The molecule has 0 saturated carbocycles. The molecule has 0 fully saturated rings. The quantitative estimate of drug-likeness (QED) is 0.0560. The normalized spacial score (nSPS) is 11.6. The summed E-state index contributed by atoms with van der Waals surface area (Å²) in [5.41, 5.74) is -1.42. The number of non-ortho nitro benzene ring substituents is 1. The number of para-hydroxylation sites is 2. The van der Waals surface area contributed by atoms with Gasteiger partial charge in [-0.2, -0.15) is 0 Å². The molecule has 25 heteroatoms. The first kappa shape index (κ1) is 47.3. The molecule has 63 heavy (non-hydrogen) atoms. The van der Waals surface area contributed by atoms with E-state index in [1.54, 1.807) is 43.3 Å². The van der Waals surface area contributed by atoms with Crippen LogP contribution in [0.3, 0.4) is 0 Å². The second-order valence-electron chi connectivity index (χ2n) is 11.7. The van der Waals surface area contributed by atoms with Gasteiger partial charge in [-0.1, -0.05) is 60.7 Å². The fourth-order valence-electron chi connectivity index (χ4n) is 4.65. The van der Waals surface area contributed by atoms with Gasteiger partial charge < -0.3 is 12.5 Å². The van der Waals surface area contributed by atoms with Gasteiger partial charge >= 0.3 is 11.4 Å². The molecule has 0 aliphatic carbocycles. The standard InChI is InChI=1S/C13H9N3O8S.C13H9NO2S.C12H8N2O6S/c1-8-2-5-13(12(6-8)16(21)22)25(23)24-9-3-4-10(14(17)18)11(7-9)15(19)20;1-14-11-7-9-13(10-8-11)17(15)16-12-5-3-2-4-6-12;15-13(16)9-5-7-10(8-6-9)20-21(19)12-4-2-1-3-11(12)14(17)18/h2-7H,1H3;2-10H;1-8H. The maximum atomic E-state index is 12.2. The van der Waals surface area contributed by atoms with Gasteiger partial charge in [-0.3, -0.25) is 50.6 Å². The molecule has 0 spiro atoms. The molecule has 3 unspecified atom stereocenters. The van der Waals surface area contributed by atoms with Crippen LogP contribution in [0.1, 0.15) is 5.56 Å². The predicted octanol–water partition coefficient (Wildman–Crippen LogP) is 8.76. The number of hydrogen-bond acceptors (Lipinski definition) is 16. The monoisotopic (exact) mass is 918 g/mol. The molecule has 0 bridgehead atoms. The van der Waals surface area contributed by atoms with Gasteiger partial charge in [0.15, 0.2) is 15.5 Å². The molecule has 0 aliphatic heterocycles. The molecular formula is C38H26N6O16S3. The average Bonchev–Trinajstić information content (AvgIpc) is 3.27. The van der Waals surface area contributed by atoms with Crippen LogP contribution in [0.5, 0.6) is 17.2 Å². The van der Waals surface area contributed by atoms with Gasteiger partial charge in [0.1, 0.15) is 17.2 Å². The molecule has 0 radical (unpaired) electrons. The van der Waals surface area contributed by atoms with E-state index in [2.05, 4.69) is 4.85 Å². The van der Waals surface area contributed by atoms with Crippen molar-refractivity contribution in [1.29, 1.82) is 0 Å². The maximum Gasteiger partial charge on any atom is 0.349 e. The average molecular weight is 919 g/mol. The van der Waals surface area contributed by atoms with Crippen molar-refractivity contribution in [3.05, 3.63) is 207 Å². The summed E-state index contributed by atoms with van der Waals surface area (Å²) < 4.78 is 51.4. The SMILES string of the molecule is Cc1ccc(S(=O)Oc2ccc([N+](=O)[O-])c([N+](=O)[O-])c2)c([N+](=O)[O-])c1.O=[N+]([O-])c1ccc(OS(=O)c2ccccc2[N+](=O)[O-])cc1.[C-]#[N+]c1ccc(S(=O)Oc2ccccc2)cc1. The van der Waals surface area contributed by atoms with Gasteiger partial charge in [0.25, 0.3) is 17.1 Å². The van der Waals surface area contributed by atoms with Gasteiger partial charge in [-0.25, -0.2) is 17.5 Å². The minimum absolute atomic E-state index is 0.0825. The molecule has 0 saturated heterocycles. The Bertz CT molecular complexity index is 2790. The second-order valence-corrected chi connectivity index (χ2v) is 15.0. The van der Waals surface area contributed by atoms with Crippen molar-refractivity contribution in [3.63, 3.8) is 0 Å². The van der Waals surface area contributed by atoms with Crippen molar-refractivity contribution < 1.29 is 49.8 Å². The van der Waals surface area contributed by atoms with E-state index in [1.165, 1.54) is 66.7 Å². The molecule has 0 amide bonds. The van der Waals surface area contributed by atoms with Gasteiger partial charge in [0.2, 0.25) is 33.2 Å². The van der Waals surface area contributed by atoms with Crippen molar-refractivity contribution in [2.75, 3.05) is 0 Å². The molecule has 0 aromatic heterocycles. The summed E-state index contributed by atoms with van der Waals surface area (Å²) in [5, 5.41) is 54.0. The Morgan fingerprint density at radius 1 is 0.460 bits per heavy atom. The lowest BCUT2D eigenvalue weighted by Gasteiger charge is -2.06.